The molecule has 0 aliphatic rings. The number of rotatable bonds is 5. The summed E-state index contributed by atoms with van der Waals surface area (Å²) in [5.74, 6) is 0. The normalized spacial score (nSPS) is 12.0. The smallest absolute Gasteiger partial charge is 0.0794 e. The molecule has 0 rings (SSSR count). The Morgan fingerprint density at radius 1 is 1.20 bits per heavy atom. The predicted molar refractivity (Wildman–Crippen MR) is 45.8 cm³/mol. The van der Waals surface area contributed by atoms with E-state index in [0.717, 1.165) is 17.4 Å². The van der Waals surface area contributed by atoms with Gasteiger partial charge in [0.05, 0.1) is 27.2 Å². The average Bonchev–Trinajstić information content (AvgIpc) is 1.84. The zero-order chi connectivity index (χ0) is 8.04. The minimum atomic E-state index is 0.825. The Hall–Kier alpha value is -0.0800. The highest BCUT2D eigenvalue weighted by atomic mass is 15.3. The van der Waals surface area contributed by atoms with Gasteiger partial charge in [-0.1, -0.05) is 6.92 Å². The van der Waals surface area contributed by atoms with Crippen LogP contribution in [0, 0.1) is 0 Å². The molecule has 0 fully saturated rings. The summed E-state index contributed by atoms with van der Waals surface area (Å²) < 4.78 is 1.12. The first-order valence-electron chi connectivity index (χ1n) is 4.14. The molecule has 0 aromatic carbocycles. The van der Waals surface area contributed by atoms with E-state index in [9.17, 15) is 0 Å². The molecule has 0 amide bonds. The summed E-state index contributed by atoms with van der Waals surface area (Å²) in [5, 5.41) is 0. The largest absolute Gasteiger partial charge is 0.330 e. The van der Waals surface area contributed by atoms with E-state index in [1.54, 1.807) is 0 Å². The number of quaternary nitrogens is 1. The van der Waals surface area contributed by atoms with E-state index in [1.165, 1.54) is 19.5 Å². The van der Waals surface area contributed by atoms with Gasteiger partial charge < -0.3 is 10.2 Å². The van der Waals surface area contributed by atoms with Crippen molar-refractivity contribution in [2.45, 2.75) is 19.8 Å². The summed E-state index contributed by atoms with van der Waals surface area (Å²) in [5.41, 5.74) is 5.42. The van der Waals surface area contributed by atoms with Crippen LogP contribution in [-0.4, -0.2) is 38.2 Å². The Labute approximate surface area is 64.6 Å². The lowest BCUT2D eigenvalue weighted by Gasteiger charge is -2.29. The third kappa shape index (κ3) is 4.77. The second-order valence-electron chi connectivity index (χ2n) is 3.53. The topological polar surface area (TPSA) is 26.0 Å². The van der Waals surface area contributed by atoms with E-state index in [-0.39, 0.29) is 0 Å². The summed E-state index contributed by atoms with van der Waals surface area (Å²) >= 11 is 0. The molecule has 0 spiro atoms. The molecule has 0 saturated heterocycles. The van der Waals surface area contributed by atoms with Crippen molar-refractivity contribution < 1.29 is 4.48 Å². The molecule has 0 unspecified atom stereocenters. The van der Waals surface area contributed by atoms with Crippen molar-refractivity contribution in [3.63, 3.8) is 0 Å². The quantitative estimate of drug-likeness (QED) is 0.570. The number of nitrogens with zero attached hydrogens (tertiary/aromatic N) is 1. The van der Waals surface area contributed by atoms with Crippen LogP contribution in [0.15, 0.2) is 0 Å². The zero-order valence-electron chi connectivity index (χ0n) is 7.56. The van der Waals surface area contributed by atoms with Gasteiger partial charge >= 0.3 is 0 Å². The van der Waals surface area contributed by atoms with E-state index in [0.29, 0.717) is 0 Å². The molecule has 0 heterocycles. The molecular formula is C8H21N2+. The fourth-order valence-electron chi connectivity index (χ4n) is 1.24. The van der Waals surface area contributed by atoms with Crippen molar-refractivity contribution >= 4 is 0 Å². The van der Waals surface area contributed by atoms with Crippen LogP contribution in [0.25, 0.3) is 0 Å². The van der Waals surface area contributed by atoms with Gasteiger partial charge in [-0.25, -0.2) is 0 Å². The molecule has 0 saturated carbocycles. The van der Waals surface area contributed by atoms with Crippen molar-refractivity contribution in [3.05, 3.63) is 0 Å². The Balaban J connectivity index is 3.42. The Bertz CT molecular complexity index is 79.3. The molecule has 2 heteroatoms. The maximum absolute atomic E-state index is 5.42. The molecule has 0 radical (unpaired) electrons. The molecule has 0 aromatic rings. The van der Waals surface area contributed by atoms with Crippen LogP contribution in [0.5, 0.6) is 0 Å². The van der Waals surface area contributed by atoms with Gasteiger partial charge in [0.25, 0.3) is 0 Å². The fraction of sp³-hybridized carbons (Fsp3) is 1.00. The lowest BCUT2D eigenvalue weighted by Crippen LogP contribution is -2.41. The van der Waals surface area contributed by atoms with E-state index >= 15 is 0 Å². The lowest BCUT2D eigenvalue weighted by atomic mass is 10.3. The van der Waals surface area contributed by atoms with Gasteiger partial charge in [0.1, 0.15) is 0 Å². The summed E-state index contributed by atoms with van der Waals surface area (Å²) in [6.07, 6.45) is 2.41. The Morgan fingerprint density at radius 3 is 2.20 bits per heavy atom. The molecule has 0 aliphatic heterocycles. The van der Waals surface area contributed by atoms with E-state index in [1.807, 2.05) is 0 Å². The number of hydrogen-bond donors (Lipinski definition) is 1. The number of hydrogen-bond acceptors (Lipinski definition) is 1. The van der Waals surface area contributed by atoms with Gasteiger partial charge in [-0.3, -0.25) is 0 Å². The fourth-order valence-corrected chi connectivity index (χ4v) is 1.24. The summed E-state index contributed by atoms with van der Waals surface area (Å²) in [6.45, 7) is 5.53. The molecule has 10 heavy (non-hydrogen) atoms. The molecular weight excluding hydrogens is 124 g/mol. The summed E-state index contributed by atoms with van der Waals surface area (Å²) in [4.78, 5) is 0. The molecule has 0 atom stereocenters. The van der Waals surface area contributed by atoms with Gasteiger partial charge in [-0.2, -0.15) is 0 Å². The van der Waals surface area contributed by atoms with E-state index in [4.69, 9.17) is 5.73 Å². The minimum Gasteiger partial charge on any atom is -0.330 e. The van der Waals surface area contributed by atoms with Crippen molar-refractivity contribution in [2.24, 2.45) is 5.73 Å². The Kier molecular flexibility index (Phi) is 4.65. The third-order valence-electron chi connectivity index (χ3n) is 1.80. The van der Waals surface area contributed by atoms with Gasteiger partial charge in [0.2, 0.25) is 0 Å². The highest BCUT2D eigenvalue weighted by molar-refractivity contribution is 4.37. The van der Waals surface area contributed by atoms with E-state index in [2.05, 4.69) is 21.0 Å². The van der Waals surface area contributed by atoms with Gasteiger partial charge in [0.15, 0.2) is 0 Å². The zero-order valence-corrected chi connectivity index (χ0v) is 7.56. The summed E-state index contributed by atoms with van der Waals surface area (Å²) in [7, 11) is 4.53. The first-order valence-corrected chi connectivity index (χ1v) is 4.14. The lowest BCUT2D eigenvalue weighted by molar-refractivity contribution is -0.890. The van der Waals surface area contributed by atoms with Crippen LogP contribution in [0.1, 0.15) is 19.8 Å². The van der Waals surface area contributed by atoms with Crippen molar-refractivity contribution in [3.8, 4) is 0 Å². The standard InChI is InChI=1S/C8H21N2/c1-4-7-10(2,3)8-5-6-9/h4-9H2,1-3H3/q+1. The second kappa shape index (κ2) is 4.69. The van der Waals surface area contributed by atoms with Gasteiger partial charge in [-0.15, -0.1) is 0 Å². The van der Waals surface area contributed by atoms with Crippen molar-refractivity contribution in [1.82, 2.24) is 0 Å². The van der Waals surface area contributed by atoms with Gasteiger partial charge in [-0.05, 0) is 13.0 Å². The third-order valence-corrected chi connectivity index (χ3v) is 1.80. The maximum atomic E-state index is 5.42. The molecule has 0 aliphatic carbocycles. The molecule has 2 N–H and O–H groups in total. The van der Waals surface area contributed by atoms with Crippen molar-refractivity contribution in [1.29, 1.82) is 0 Å². The van der Waals surface area contributed by atoms with Crippen LogP contribution >= 0.6 is 0 Å². The first kappa shape index (κ1) is 9.92. The molecule has 0 bridgehead atoms. The van der Waals surface area contributed by atoms with Crippen LogP contribution in [0.4, 0.5) is 0 Å². The molecule has 2 nitrogen and oxygen atoms in total. The maximum Gasteiger partial charge on any atom is 0.0794 e. The summed E-state index contributed by atoms with van der Waals surface area (Å²) in [6, 6.07) is 0. The minimum absolute atomic E-state index is 0.825. The van der Waals surface area contributed by atoms with Gasteiger partial charge in [0, 0.05) is 6.42 Å². The van der Waals surface area contributed by atoms with Crippen molar-refractivity contribution in [2.75, 3.05) is 33.7 Å². The van der Waals surface area contributed by atoms with Crippen LogP contribution < -0.4 is 5.73 Å². The van der Waals surface area contributed by atoms with Crippen LogP contribution in [0.3, 0.4) is 0 Å². The first-order chi connectivity index (χ1) is 4.62. The molecule has 0 aromatic heterocycles. The second-order valence-corrected chi connectivity index (χ2v) is 3.53. The average molecular weight is 145 g/mol. The highest BCUT2D eigenvalue weighted by Crippen LogP contribution is 1.99. The van der Waals surface area contributed by atoms with E-state index < -0.39 is 0 Å². The monoisotopic (exact) mass is 145 g/mol. The predicted octanol–water partition coefficient (Wildman–Crippen LogP) is 0.822. The van der Waals surface area contributed by atoms with Crippen LogP contribution in [-0.2, 0) is 0 Å². The van der Waals surface area contributed by atoms with Crippen LogP contribution in [0.2, 0.25) is 0 Å². The Morgan fingerprint density at radius 2 is 1.80 bits per heavy atom. The number of nitrogens with two attached hydrogens (primary N) is 1. The SMILES string of the molecule is CCC[N+](C)(C)CCCN. The molecule has 62 valence electrons. The highest BCUT2D eigenvalue weighted by Gasteiger charge is 2.11.